The van der Waals surface area contributed by atoms with Gasteiger partial charge in [-0.3, -0.25) is 0 Å². The number of thiol groups is 1. The molecule has 11 heavy (non-hydrogen) atoms. The van der Waals surface area contributed by atoms with Crippen molar-refractivity contribution in [1.82, 2.24) is 4.98 Å². The maximum Gasteiger partial charge on any atom is 0.125 e. The van der Waals surface area contributed by atoms with Crippen molar-refractivity contribution >= 4 is 18.4 Å². The molecule has 1 aromatic heterocycles. The second-order valence-electron chi connectivity index (χ2n) is 2.17. The van der Waals surface area contributed by atoms with Crippen LogP contribution in [0.5, 0.6) is 0 Å². The lowest BCUT2D eigenvalue weighted by molar-refractivity contribution is 1.10. The third-order valence-electron chi connectivity index (χ3n) is 1.33. The van der Waals surface area contributed by atoms with E-state index in [-0.39, 0.29) is 0 Å². The Kier molecular flexibility index (Phi) is 2.01. The lowest BCUT2D eigenvalue weighted by atomic mass is 10.2. The molecule has 0 radical (unpaired) electrons. The van der Waals surface area contributed by atoms with Crippen LogP contribution < -0.4 is 5.73 Å². The summed E-state index contributed by atoms with van der Waals surface area (Å²) in [6, 6.07) is 3.65. The van der Waals surface area contributed by atoms with Gasteiger partial charge in [0.2, 0.25) is 0 Å². The molecule has 0 unspecified atom stereocenters. The monoisotopic (exact) mass is 165 g/mol. The molecule has 0 amide bonds. The minimum Gasteiger partial charge on any atom is -0.384 e. The molecule has 1 heterocycles. The van der Waals surface area contributed by atoms with E-state index in [4.69, 9.17) is 11.0 Å². The highest BCUT2D eigenvalue weighted by atomic mass is 32.1. The van der Waals surface area contributed by atoms with Crippen LogP contribution in [0.3, 0.4) is 0 Å². The van der Waals surface area contributed by atoms with E-state index in [1.165, 1.54) is 0 Å². The number of nitrogen functional groups attached to an aromatic ring is 1. The molecule has 0 aromatic carbocycles. The highest BCUT2D eigenvalue weighted by Crippen LogP contribution is 2.16. The summed E-state index contributed by atoms with van der Waals surface area (Å²) >= 11 is 4.00. The first kappa shape index (κ1) is 7.89. The molecular formula is C7H7N3S. The molecule has 0 aliphatic heterocycles. The van der Waals surface area contributed by atoms with Crippen LogP contribution in [0, 0.1) is 18.3 Å². The largest absolute Gasteiger partial charge is 0.384 e. The van der Waals surface area contributed by atoms with E-state index in [0.717, 1.165) is 5.56 Å². The molecule has 1 aromatic rings. The zero-order valence-electron chi connectivity index (χ0n) is 6.00. The van der Waals surface area contributed by atoms with E-state index in [2.05, 4.69) is 17.6 Å². The smallest absolute Gasteiger partial charge is 0.125 e. The Hall–Kier alpha value is -1.21. The summed E-state index contributed by atoms with van der Waals surface area (Å²) in [5.41, 5.74) is 6.71. The van der Waals surface area contributed by atoms with Gasteiger partial charge in [-0.25, -0.2) is 4.98 Å². The highest BCUT2D eigenvalue weighted by molar-refractivity contribution is 7.80. The van der Waals surface area contributed by atoms with Gasteiger partial charge < -0.3 is 5.73 Å². The summed E-state index contributed by atoms with van der Waals surface area (Å²) in [7, 11) is 0. The molecule has 0 saturated heterocycles. The van der Waals surface area contributed by atoms with Gasteiger partial charge in [0.15, 0.2) is 0 Å². The second-order valence-corrected chi connectivity index (χ2v) is 2.60. The van der Waals surface area contributed by atoms with Gasteiger partial charge in [-0.1, -0.05) is 0 Å². The van der Waals surface area contributed by atoms with Gasteiger partial charge in [0.1, 0.15) is 16.9 Å². The van der Waals surface area contributed by atoms with Gasteiger partial charge in [-0.2, -0.15) is 5.26 Å². The molecule has 2 N–H and O–H groups in total. The molecule has 1 rings (SSSR count). The van der Waals surface area contributed by atoms with Gasteiger partial charge in [0.25, 0.3) is 0 Å². The van der Waals surface area contributed by atoms with Crippen LogP contribution in [0.25, 0.3) is 0 Å². The first-order valence-electron chi connectivity index (χ1n) is 3.01. The lowest BCUT2D eigenvalue weighted by Gasteiger charge is -2.00. The van der Waals surface area contributed by atoms with E-state index in [0.29, 0.717) is 16.4 Å². The molecular weight excluding hydrogens is 158 g/mol. The summed E-state index contributed by atoms with van der Waals surface area (Å²) in [4.78, 5) is 3.82. The van der Waals surface area contributed by atoms with Crippen LogP contribution in [0.1, 0.15) is 11.1 Å². The summed E-state index contributed by atoms with van der Waals surface area (Å²) in [5.74, 6) is 0.395. The van der Waals surface area contributed by atoms with Gasteiger partial charge in [0.05, 0.1) is 5.56 Å². The normalized spacial score (nSPS) is 9.18. The van der Waals surface area contributed by atoms with E-state index in [9.17, 15) is 0 Å². The summed E-state index contributed by atoms with van der Waals surface area (Å²) in [6.45, 7) is 1.80. The fraction of sp³-hybridized carbons (Fsp3) is 0.143. The number of nitrogens with two attached hydrogens (primary N) is 1. The molecule has 4 heteroatoms. The van der Waals surface area contributed by atoms with Crippen LogP contribution >= 0.6 is 12.6 Å². The fourth-order valence-electron chi connectivity index (χ4n) is 0.819. The Labute approximate surface area is 70.3 Å². The van der Waals surface area contributed by atoms with Crippen molar-refractivity contribution in [2.24, 2.45) is 0 Å². The molecule has 0 saturated carbocycles. The third-order valence-corrected chi connectivity index (χ3v) is 1.65. The number of hydrogen-bond acceptors (Lipinski definition) is 4. The molecule has 56 valence electrons. The first-order valence-corrected chi connectivity index (χ1v) is 3.46. The van der Waals surface area contributed by atoms with E-state index < -0.39 is 0 Å². The van der Waals surface area contributed by atoms with Gasteiger partial charge in [0, 0.05) is 0 Å². The van der Waals surface area contributed by atoms with Gasteiger partial charge in [-0.05, 0) is 18.6 Å². The van der Waals surface area contributed by atoms with Crippen LogP contribution in [-0.2, 0) is 0 Å². The zero-order valence-corrected chi connectivity index (χ0v) is 6.89. The van der Waals surface area contributed by atoms with Gasteiger partial charge in [-0.15, -0.1) is 12.6 Å². The van der Waals surface area contributed by atoms with Crippen LogP contribution in [0.4, 0.5) is 5.82 Å². The quantitative estimate of drug-likeness (QED) is 0.566. The zero-order chi connectivity index (χ0) is 8.43. The predicted octanol–water partition coefficient (Wildman–Crippen LogP) is 1.13. The molecule has 0 spiro atoms. The molecule has 0 aliphatic rings. The van der Waals surface area contributed by atoms with E-state index >= 15 is 0 Å². The maximum atomic E-state index is 8.61. The first-order chi connectivity index (χ1) is 5.15. The highest BCUT2D eigenvalue weighted by Gasteiger charge is 2.03. The fourth-order valence-corrected chi connectivity index (χ4v) is 1.16. The number of nitrogens with zero attached hydrogens (tertiary/aromatic N) is 2. The Morgan fingerprint density at radius 3 is 2.82 bits per heavy atom. The number of nitriles is 1. The minimum atomic E-state index is 0.394. The topological polar surface area (TPSA) is 62.7 Å². The van der Waals surface area contributed by atoms with Gasteiger partial charge >= 0.3 is 0 Å². The van der Waals surface area contributed by atoms with Crippen molar-refractivity contribution in [3.05, 3.63) is 17.2 Å². The van der Waals surface area contributed by atoms with Crippen LogP contribution in [-0.4, -0.2) is 4.98 Å². The predicted molar refractivity (Wildman–Crippen MR) is 45.4 cm³/mol. The van der Waals surface area contributed by atoms with Crippen molar-refractivity contribution in [3.8, 4) is 6.07 Å². The van der Waals surface area contributed by atoms with Crippen molar-refractivity contribution < 1.29 is 0 Å². The van der Waals surface area contributed by atoms with E-state index in [1.807, 2.05) is 6.07 Å². The Bertz CT molecular complexity index is 304. The summed E-state index contributed by atoms with van der Waals surface area (Å²) < 4.78 is 0. The third kappa shape index (κ3) is 1.44. The van der Waals surface area contributed by atoms with Crippen molar-refractivity contribution in [2.75, 3.05) is 5.73 Å². The molecule has 0 bridgehead atoms. The molecule has 0 aliphatic carbocycles. The molecule has 3 nitrogen and oxygen atoms in total. The average molecular weight is 165 g/mol. The van der Waals surface area contributed by atoms with E-state index in [1.54, 1.807) is 13.0 Å². The van der Waals surface area contributed by atoms with Crippen molar-refractivity contribution in [3.63, 3.8) is 0 Å². The molecule has 0 atom stereocenters. The lowest BCUT2D eigenvalue weighted by Crippen LogP contribution is -1.95. The minimum absolute atomic E-state index is 0.394. The average Bonchev–Trinajstić information content (AvgIpc) is 1.85. The standard InChI is InChI=1S/C7H7N3S/c1-4-2-6(9)10-7(11)5(4)3-8/h2H,1H3,(H3,9,10,11). The molecule has 0 fully saturated rings. The summed E-state index contributed by atoms with van der Waals surface area (Å²) in [6.07, 6.45) is 0. The van der Waals surface area contributed by atoms with Crippen LogP contribution in [0.15, 0.2) is 11.1 Å². The van der Waals surface area contributed by atoms with Crippen molar-refractivity contribution in [1.29, 1.82) is 5.26 Å². The number of hydrogen-bond donors (Lipinski definition) is 2. The van der Waals surface area contributed by atoms with Crippen molar-refractivity contribution in [2.45, 2.75) is 11.9 Å². The number of aromatic nitrogens is 1. The Morgan fingerprint density at radius 2 is 2.36 bits per heavy atom. The Morgan fingerprint density at radius 1 is 1.73 bits per heavy atom. The number of anilines is 1. The number of rotatable bonds is 0. The maximum absolute atomic E-state index is 8.61. The Balaban J connectivity index is 3.40. The van der Waals surface area contributed by atoms with Crippen LogP contribution in [0.2, 0.25) is 0 Å². The number of aryl methyl sites for hydroxylation is 1. The summed E-state index contributed by atoms with van der Waals surface area (Å²) in [5, 5.41) is 9.00. The second kappa shape index (κ2) is 2.81. The SMILES string of the molecule is Cc1cc(N)nc(S)c1C#N. The number of pyridine rings is 1.